The van der Waals surface area contributed by atoms with E-state index in [1.807, 2.05) is 24.3 Å². The Morgan fingerprint density at radius 1 is 1.08 bits per heavy atom. The number of nitrogens with one attached hydrogen (secondary N) is 2. The van der Waals surface area contributed by atoms with Crippen LogP contribution < -0.4 is 15.6 Å². The first kappa shape index (κ1) is 19.3. The van der Waals surface area contributed by atoms with E-state index in [4.69, 9.17) is 4.74 Å². The van der Waals surface area contributed by atoms with Gasteiger partial charge in [-0.25, -0.2) is 0 Å². The summed E-state index contributed by atoms with van der Waals surface area (Å²) >= 11 is 0. The molecular weight excluding hydrogens is 316 g/mol. The van der Waals surface area contributed by atoms with Crippen LogP contribution in [0.15, 0.2) is 24.3 Å². The molecule has 25 heavy (non-hydrogen) atoms. The summed E-state index contributed by atoms with van der Waals surface area (Å²) in [6, 6.07) is 7.81. The second-order valence-electron chi connectivity index (χ2n) is 7.42. The summed E-state index contributed by atoms with van der Waals surface area (Å²) in [7, 11) is 0. The summed E-state index contributed by atoms with van der Waals surface area (Å²) < 4.78 is 5.48. The predicted molar refractivity (Wildman–Crippen MR) is 98.1 cm³/mol. The molecule has 5 heteroatoms. The maximum Gasteiger partial charge on any atom is 0.276 e. The van der Waals surface area contributed by atoms with Crippen LogP contribution in [-0.4, -0.2) is 18.4 Å². The minimum absolute atomic E-state index is 0.0180. The van der Waals surface area contributed by atoms with Crippen LogP contribution in [0.25, 0.3) is 0 Å². The molecule has 0 saturated heterocycles. The highest BCUT2D eigenvalue weighted by Gasteiger charge is 2.21. The second-order valence-corrected chi connectivity index (χ2v) is 7.42. The summed E-state index contributed by atoms with van der Waals surface area (Å²) in [6.07, 6.45) is 6.21. The van der Waals surface area contributed by atoms with Crippen LogP contribution in [0.5, 0.6) is 5.75 Å². The van der Waals surface area contributed by atoms with Crippen LogP contribution >= 0.6 is 0 Å². The molecule has 1 aliphatic carbocycles. The van der Waals surface area contributed by atoms with Crippen molar-refractivity contribution < 1.29 is 14.3 Å². The summed E-state index contributed by atoms with van der Waals surface area (Å²) in [5, 5.41) is 0. The zero-order chi connectivity index (χ0) is 18.3. The lowest BCUT2D eigenvalue weighted by atomic mass is 9.82. The van der Waals surface area contributed by atoms with Gasteiger partial charge in [-0.1, -0.05) is 52.2 Å². The lowest BCUT2D eigenvalue weighted by molar-refractivity contribution is -0.132. The van der Waals surface area contributed by atoms with E-state index < -0.39 is 0 Å². The van der Waals surface area contributed by atoms with Crippen LogP contribution in [0.3, 0.4) is 0 Å². The molecule has 0 atom stereocenters. The van der Waals surface area contributed by atoms with E-state index in [0.29, 0.717) is 5.75 Å². The molecule has 1 fully saturated rings. The maximum absolute atomic E-state index is 12.0. The van der Waals surface area contributed by atoms with Crippen LogP contribution in [-0.2, 0) is 15.0 Å². The Balaban J connectivity index is 1.73. The van der Waals surface area contributed by atoms with Gasteiger partial charge in [0.15, 0.2) is 6.61 Å². The third-order valence-electron chi connectivity index (χ3n) is 5.19. The first-order valence-electron chi connectivity index (χ1n) is 9.24. The summed E-state index contributed by atoms with van der Waals surface area (Å²) in [4.78, 5) is 23.8. The predicted octanol–water partition coefficient (Wildman–Crippen LogP) is 3.48. The number of hydrogen-bond acceptors (Lipinski definition) is 3. The molecule has 0 spiro atoms. The summed E-state index contributed by atoms with van der Waals surface area (Å²) in [6.45, 7) is 6.44. The van der Waals surface area contributed by atoms with Crippen molar-refractivity contribution in [2.75, 3.05) is 6.61 Å². The van der Waals surface area contributed by atoms with Crippen LogP contribution in [0.1, 0.15) is 64.9 Å². The van der Waals surface area contributed by atoms with E-state index in [1.165, 1.54) is 12.0 Å². The number of benzene rings is 1. The van der Waals surface area contributed by atoms with E-state index in [1.54, 1.807) is 0 Å². The lowest BCUT2D eigenvalue weighted by Crippen LogP contribution is -2.46. The minimum atomic E-state index is -0.359. The first-order chi connectivity index (χ1) is 11.9. The fraction of sp³-hybridized carbons (Fsp3) is 0.600. The van der Waals surface area contributed by atoms with Gasteiger partial charge < -0.3 is 4.74 Å². The molecule has 2 rings (SSSR count). The molecule has 5 nitrogen and oxygen atoms in total. The van der Waals surface area contributed by atoms with Gasteiger partial charge in [0, 0.05) is 5.92 Å². The Morgan fingerprint density at radius 2 is 1.72 bits per heavy atom. The van der Waals surface area contributed by atoms with E-state index in [-0.39, 0.29) is 29.8 Å². The molecule has 1 aromatic carbocycles. The van der Waals surface area contributed by atoms with Crippen molar-refractivity contribution in [1.29, 1.82) is 0 Å². The van der Waals surface area contributed by atoms with Crippen molar-refractivity contribution in [3.8, 4) is 5.75 Å². The first-order valence-corrected chi connectivity index (χ1v) is 9.24. The van der Waals surface area contributed by atoms with Crippen LogP contribution in [0.2, 0.25) is 0 Å². The normalized spacial score (nSPS) is 15.5. The number of hydrogen-bond donors (Lipinski definition) is 2. The van der Waals surface area contributed by atoms with Crippen molar-refractivity contribution in [3.63, 3.8) is 0 Å². The van der Waals surface area contributed by atoms with E-state index in [0.717, 1.165) is 32.1 Å². The van der Waals surface area contributed by atoms with Gasteiger partial charge in [-0.2, -0.15) is 0 Å². The largest absolute Gasteiger partial charge is 0.484 e. The molecule has 0 heterocycles. The van der Waals surface area contributed by atoms with Crippen molar-refractivity contribution in [3.05, 3.63) is 29.8 Å². The van der Waals surface area contributed by atoms with Crippen molar-refractivity contribution in [2.45, 2.75) is 64.7 Å². The molecule has 138 valence electrons. The van der Waals surface area contributed by atoms with E-state index in [9.17, 15) is 9.59 Å². The SMILES string of the molecule is CCC(C)(C)c1ccc(OCC(=O)NNC(=O)C2CCCCC2)cc1. The topological polar surface area (TPSA) is 67.4 Å². The van der Waals surface area contributed by atoms with Gasteiger partial charge in [-0.3, -0.25) is 20.4 Å². The monoisotopic (exact) mass is 346 g/mol. The zero-order valence-electron chi connectivity index (χ0n) is 15.6. The van der Waals surface area contributed by atoms with Gasteiger partial charge >= 0.3 is 0 Å². The maximum atomic E-state index is 12.0. The van der Waals surface area contributed by atoms with Gasteiger partial charge in [-0.05, 0) is 42.4 Å². The Bertz CT molecular complexity index is 575. The van der Waals surface area contributed by atoms with Gasteiger partial charge in [0.1, 0.15) is 5.75 Å². The molecule has 0 aliphatic heterocycles. The molecule has 0 radical (unpaired) electrons. The number of amides is 2. The fourth-order valence-electron chi connectivity index (χ4n) is 2.99. The Labute approximate surface area is 150 Å². The number of hydrazine groups is 1. The van der Waals surface area contributed by atoms with Crippen LogP contribution in [0, 0.1) is 5.92 Å². The highest BCUT2D eigenvalue weighted by molar-refractivity contribution is 5.84. The molecular formula is C20H30N2O3. The number of rotatable bonds is 6. The number of carbonyl (C=O) groups excluding carboxylic acids is 2. The fourth-order valence-corrected chi connectivity index (χ4v) is 2.99. The highest BCUT2D eigenvalue weighted by atomic mass is 16.5. The van der Waals surface area contributed by atoms with Gasteiger partial charge in [-0.15, -0.1) is 0 Å². The minimum Gasteiger partial charge on any atom is -0.484 e. The van der Waals surface area contributed by atoms with E-state index >= 15 is 0 Å². The quantitative estimate of drug-likeness (QED) is 0.775. The van der Waals surface area contributed by atoms with Crippen LogP contribution in [0.4, 0.5) is 0 Å². The zero-order valence-corrected chi connectivity index (χ0v) is 15.6. The van der Waals surface area contributed by atoms with Crippen molar-refractivity contribution in [1.82, 2.24) is 10.9 Å². The third kappa shape index (κ3) is 5.76. The molecule has 1 aromatic rings. The average molecular weight is 346 g/mol. The molecule has 0 bridgehead atoms. The van der Waals surface area contributed by atoms with Gasteiger partial charge in [0.25, 0.3) is 5.91 Å². The van der Waals surface area contributed by atoms with E-state index in [2.05, 4.69) is 31.6 Å². The molecule has 1 saturated carbocycles. The smallest absolute Gasteiger partial charge is 0.276 e. The number of carbonyl (C=O) groups is 2. The Morgan fingerprint density at radius 3 is 2.32 bits per heavy atom. The summed E-state index contributed by atoms with van der Waals surface area (Å²) in [5.74, 6) is 0.204. The van der Waals surface area contributed by atoms with Gasteiger partial charge in [0.05, 0.1) is 0 Å². The van der Waals surface area contributed by atoms with Gasteiger partial charge in [0.2, 0.25) is 5.91 Å². The molecule has 0 aromatic heterocycles. The molecule has 2 N–H and O–H groups in total. The number of ether oxygens (including phenoxy) is 1. The molecule has 0 unspecified atom stereocenters. The lowest BCUT2D eigenvalue weighted by Gasteiger charge is -2.23. The molecule has 2 amide bonds. The van der Waals surface area contributed by atoms with Crippen molar-refractivity contribution in [2.24, 2.45) is 5.92 Å². The summed E-state index contributed by atoms with van der Waals surface area (Å²) in [5.41, 5.74) is 6.30. The Hall–Kier alpha value is -2.04. The second kappa shape index (κ2) is 8.88. The highest BCUT2D eigenvalue weighted by Crippen LogP contribution is 2.28. The third-order valence-corrected chi connectivity index (χ3v) is 5.19. The standard InChI is InChI=1S/C20H30N2O3/c1-4-20(2,3)16-10-12-17(13-11-16)25-14-18(23)21-22-19(24)15-8-6-5-7-9-15/h10-13,15H,4-9,14H2,1-3H3,(H,21,23)(H,22,24). The Kier molecular flexibility index (Phi) is 6.85. The average Bonchev–Trinajstić information content (AvgIpc) is 2.65. The van der Waals surface area contributed by atoms with Crippen molar-refractivity contribution >= 4 is 11.8 Å². The molecule has 1 aliphatic rings.